The highest BCUT2D eigenvalue weighted by Gasteiger charge is 2.26. The molecule has 2 rings (SSSR count). The predicted molar refractivity (Wildman–Crippen MR) is 87.0 cm³/mol. The molecule has 1 fully saturated rings. The van der Waals surface area contributed by atoms with Crippen LogP contribution in [0.1, 0.15) is 12.8 Å². The molecule has 1 aromatic carbocycles. The van der Waals surface area contributed by atoms with Crippen LogP contribution in [0.3, 0.4) is 0 Å². The van der Waals surface area contributed by atoms with Crippen molar-refractivity contribution >= 4 is 22.0 Å². The number of hydrogen-bond acceptors (Lipinski definition) is 4. The molecule has 0 bridgehead atoms. The average molecular weight is 355 g/mol. The Bertz CT molecular complexity index is 670. The highest BCUT2D eigenvalue weighted by atomic mass is 32.2. The number of aliphatic carboxylic acids is 1. The maximum atomic E-state index is 12.0. The summed E-state index contributed by atoms with van der Waals surface area (Å²) in [7, 11) is -3.58. The van der Waals surface area contributed by atoms with Crippen LogP contribution >= 0.6 is 0 Å². The first-order valence-corrected chi connectivity index (χ1v) is 9.19. The quantitative estimate of drug-likeness (QED) is 0.642. The summed E-state index contributed by atoms with van der Waals surface area (Å²) in [6.45, 7) is 1.01. The first-order chi connectivity index (χ1) is 11.4. The van der Waals surface area contributed by atoms with Gasteiger partial charge in [0, 0.05) is 26.2 Å². The van der Waals surface area contributed by atoms with Crippen LogP contribution in [0.4, 0.5) is 4.79 Å². The summed E-state index contributed by atoms with van der Waals surface area (Å²) in [5.41, 5.74) is 0. The summed E-state index contributed by atoms with van der Waals surface area (Å²) in [5, 5.41) is 11.6. The Balaban J connectivity index is 1.71. The molecule has 24 heavy (non-hydrogen) atoms. The Kier molecular flexibility index (Phi) is 6.16. The van der Waals surface area contributed by atoms with Gasteiger partial charge in [-0.15, -0.1) is 0 Å². The molecule has 1 saturated heterocycles. The number of rotatable bonds is 6. The second-order valence-corrected chi connectivity index (χ2v) is 7.31. The lowest BCUT2D eigenvalue weighted by atomic mass is 9.97. The van der Waals surface area contributed by atoms with E-state index < -0.39 is 21.9 Å². The molecule has 0 aliphatic carbocycles. The molecule has 0 radical (unpaired) electrons. The van der Waals surface area contributed by atoms with E-state index in [0.29, 0.717) is 25.9 Å². The summed E-state index contributed by atoms with van der Waals surface area (Å²) in [5.74, 6) is -1.22. The molecule has 0 unspecified atom stereocenters. The molecule has 0 aromatic heterocycles. The van der Waals surface area contributed by atoms with Crippen molar-refractivity contribution in [3.05, 3.63) is 30.3 Å². The van der Waals surface area contributed by atoms with Gasteiger partial charge in [0.15, 0.2) is 0 Å². The molecule has 1 aromatic rings. The third-order valence-electron chi connectivity index (χ3n) is 3.88. The van der Waals surface area contributed by atoms with Gasteiger partial charge in [0.2, 0.25) is 10.0 Å². The Morgan fingerprint density at radius 3 is 2.33 bits per heavy atom. The summed E-state index contributed by atoms with van der Waals surface area (Å²) in [6, 6.07) is 7.68. The monoisotopic (exact) mass is 355 g/mol. The van der Waals surface area contributed by atoms with Crippen molar-refractivity contribution < 1.29 is 23.1 Å². The highest BCUT2D eigenvalue weighted by molar-refractivity contribution is 7.89. The molecular formula is C15H21N3O5S. The fourth-order valence-electron chi connectivity index (χ4n) is 2.48. The highest BCUT2D eigenvalue weighted by Crippen LogP contribution is 2.17. The van der Waals surface area contributed by atoms with Gasteiger partial charge in [-0.1, -0.05) is 18.2 Å². The van der Waals surface area contributed by atoms with Crippen LogP contribution in [0.15, 0.2) is 35.2 Å². The van der Waals surface area contributed by atoms with E-state index in [1.807, 2.05) is 0 Å². The fraction of sp³-hybridized carbons (Fsp3) is 0.467. The maximum absolute atomic E-state index is 12.0. The number of nitrogens with zero attached hydrogens (tertiary/aromatic N) is 1. The van der Waals surface area contributed by atoms with E-state index in [1.165, 1.54) is 12.1 Å². The molecule has 0 atom stereocenters. The minimum atomic E-state index is -3.58. The smallest absolute Gasteiger partial charge is 0.317 e. The van der Waals surface area contributed by atoms with E-state index in [-0.39, 0.29) is 24.0 Å². The van der Waals surface area contributed by atoms with Crippen molar-refractivity contribution in [3.63, 3.8) is 0 Å². The van der Waals surface area contributed by atoms with E-state index >= 15 is 0 Å². The molecule has 0 spiro atoms. The first kappa shape index (κ1) is 18.2. The molecular weight excluding hydrogens is 334 g/mol. The van der Waals surface area contributed by atoms with E-state index in [1.54, 1.807) is 23.1 Å². The van der Waals surface area contributed by atoms with Crippen molar-refractivity contribution in [1.82, 2.24) is 14.9 Å². The summed E-state index contributed by atoms with van der Waals surface area (Å²) >= 11 is 0. The molecule has 8 nitrogen and oxygen atoms in total. The molecule has 0 saturated carbocycles. The Hall–Kier alpha value is -2.13. The van der Waals surface area contributed by atoms with Crippen LogP contribution < -0.4 is 10.0 Å². The number of sulfonamides is 1. The standard InChI is InChI=1S/C15H21N3O5S/c19-14(20)12-6-10-18(11-7-12)15(21)16-8-9-17-24(22,23)13-4-2-1-3-5-13/h1-5,12,17H,6-11H2,(H,16,21)(H,19,20). The largest absolute Gasteiger partial charge is 0.481 e. The van der Waals surface area contributed by atoms with E-state index in [4.69, 9.17) is 5.11 Å². The third-order valence-corrected chi connectivity index (χ3v) is 5.36. The fourth-order valence-corrected chi connectivity index (χ4v) is 3.53. The normalized spacial score (nSPS) is 15.9. The van der Waals surface area contributed by atoms with Crippen LogP contribution in [0.5, 0.6) is 0 Å². The minimum Gasteiger partial charge on any atom is -0.481 e. The van der Waals surface area contributed by atoms with Gasteiger partial charge < -0.3 is 15.3 Å². The van der Waals surface area contributed by atoms with Crippen LogP contribution in [0.2, 0.25) is 0 Å². The molecule has 9 heteroatoms. The second kappa shape index (κ2) is 8.11. The minimum absolute atomic E-state index is 0.0779. The van der Waals surface area contributed by atoms with Gasteiger partial charge in [0.25, 0.3) is 0 Å². The van der Waals surface area contributed by atoms with Crippen molar-refractivity contribution in [2.75, 3.05) is 26.2 Å². The number of carbonyl (C=O) groups is 2. The third kappa shape index (κ3) is 4.93. The second-order valence-electron chi connectivity index (χ2n) is 5.54. The molecule has 2 amide bonds. The number of piperidine rings is 1. The van der Waals surface area contributed by atoms with Crippen LogP contribution in [0.25, 0.3) is 0 Å². The Morgan fingerprint density at radius 1 is 1.12 bits per heavy atom. The van der Waals surface area contributed by atoms with Crippen LogP contribution in [0, 0.1) is 5.92 Å². The van der Waals surface area contributed by atoms with Crippen molar-refractivity contribution in [3.8, 4) is 0 Å². The van der Waals surface area contributed by atoms with Gasteiger partial charge in [0.05, 0.1) is 10.8 Å². The zero-order valence-corrected chi connectivity index (χ0v) is 14.0. The number of likely N-dealkylation sites (tertiary alicyclic amines) is 1. The molecule has 3 N–H and O–H groups in total. The lowest BCUT2D eigenvalue weighted by molar-refractivity contribution is -0.143. The molecule has 132 valence electrons. The predicted octanol–water partition coefficient (Wildman–Crippen LogP) is 0.471. The Morgan fingerprint density at radius 2 is 1.75 bits per heavy atom. The number of carboxylic acid groups (broad SMARTS) is 1. The van der Waals surface area contributed by atoms with Gasteiger partial charge in [-0.2, -0.15) is 0 Å². The zero-order chi connectivity index (χ0) is 17.6. The van der Waals surface area contributed by atoms with Gasteiger partial charge in [-0.3, -0.25) is 4.79 Å². The van der Waals surface area contributed by atoms with Gasteiger partial charge in [-0.05, 0) is 25.0 Å². The summed E-state index contributed by atoms with van der Waals surface area (Å²) in [4.78, 5) is 24.5. The number of carboxylic acids is 1. The number of nitrogens with one attached hydrogen (secondary N) is 2. The topological polar surface area (TPSA) is 116 Å². The first-order valence-electron chi connectivity index (χ1n) is 7.70. The van der Waals surface area contributed by atoms with E-state index in [9.17, 15) is 18.0 Å². The van der Waals surface area contributed by atoms with Crippen LogP contribution in [-0.2, 0) is 14.8 Å². The van der Waals surface area contributed by atoms with Gasteiger partial charge in [-0.25, -0.2) is 17.9 Å². The molecule has 1 aliphatic rings. The SMILES string of the molecule is O=C(O)C1CCN(C(=O)NCCNS(=O)(=O)c2ccccc2)CC1. The van der Waals surface area contributed by atoms with Crippen molar-refractivity contribution in [1.29, 1.82) is 0 Å². The van der Waals surface area contributed by atoms with Crippen molar-refractivity contribution in [2.45, 2.75) is 17.7 Å². The molecule has 1 aliphatic heterocycles. The lowest BCUT2D eigenvalue weighted by Gasteiger charge is -2.30. The zero-order valence-electron chi connectivity index (χ0n) is 13.1. The average Bonchev–Trinajstić information content (AvgIpc) is 2.59. The molecule has 1 heterocycles. The summed E-state index contributed by atoms with van der Waals surface area (Å²) in [6.07, 6.45) is 0.868. The number of carbonyl (C=O) groups excluding carboxylic acids is 1. The van der Waals surface area contributed by atoms with E-state index in [2.05, 4.69) is 10.0 Å². The van der Waals surface area contributed by atoms with Crippen LogP contribution in [-0.4, -0.2) is 56.6 Å². The number of hydrogen-bond donors (Lipinski definition) is 3. The lowest BCUT2D eigenvalue weighted by Crippen LogP contribution is -2.47. The van der Waals surface area contributed by atoms with Crippen molar-refractivity contribution in [2.24, 2.45) is 5.92 Å². The van der Waals surface area contributed by atoms with Gasteiger partial charge in [0.1, 0.15) is 0 Å². The number of amides is 2. The van der Waals surface area contributed by atoms with Gasteiger partial charge >= 0.3 is 12.0 Å². The maximum Gasteiger partial charge on any atom is 0.317 e. The number of urea groups is 1. The van der Waals surface area contributed by atoms with E-state index in [0.717, 1.165) is 0 Å². The summed E-state index contributed by atoms with van der Waals surface area (Å²) < 4.78 is 26.4. The number of benzene rings is 1. The Labute approximate surface area is 140 Å².